The van der Waals surface area contributed by atoms with Crippen LogP contribution in [0.3, 0.4) is 0 Å². The second-order valence-electron chi connectivity index (χ2n) is 6.57. The molecule has 0 unspecified atom stereocenters. The van der Waals surface area contributed by atoms with Crippen LogP contribution in [0.4, 0.5) is 11.4 Å². The summed E-state index contributed by atoms with van der Waals surface area (Å²) < 4.78 is 8.30. The van der Waals surface area contributed by atoms with E-state index in [2.05, 4.69) is 31.4 Å². The van der Waals surface area contributed by atoms with Crippen molar-refractivity contribution < 1.29 is 4.74 Å². The molecule has 0 amide bonds. The van der Waals surface area contributed by atoms with Gasteiger partial charge in [0.15, 0.2) is 0 Å². The van der Waals surface area contributed by atoms with Gasteiger partial charge in [-0.25, -0.2) is 4.98 Å². The largest absolute Gasteiger partial charge is 0.437 e. The molecule has 2 aromatic carbocycles. The highest BCUT2D eigenvalue weighted by atomic mass is 16.5. The molecule has 0 atom stereocenters. The third-order valence-electron chi connectivity index (χ3n) is 4.75. The molecule has 1 aliphatic heterocycles. The fourth-order valence-corrected chi connectivity index (χ4v) is 3.22. The van der Waals surface area contributed by atoms with Gasteiger partial charge in [0.25, 0.3) is 0 Å². The summed E-state index contributed by atoms with van der Waals surface area (Å²) in [5, 5.41) is 6.67. The number of rotatable bonds is 5. The van der Waals surface area contributed by atoms with Gasteiger partial charge in [-0.2, -0.15) is 4.98 Å². The third kappa shape index (κ3) is 3.11. The molecule has 1 fully saturated rings. The molecule has 0 spiro atoms. The summed E-state index contributed by atoms with van der Waals surface area (Å²) in [6.45, 7) is 1.91. The van der Waals surface area contributed by atoms with E-state index in [1.807, 2.05) is 60.7 Å². The minimum absolute atomic E-state index is 0.424. The van der Waals surface area contributed by atoms with Crippen molar-refractivity contribution in [2.45, 2.75) is 6.04 Å². The van der Waals surface area contributed by atoms with E-state index in [1.165, 1.54) is 0 Å². The minimum Gasteiger partial charge on any atom is -0.437 e. The van der Waals surface area contributed by atoms with Crippen LogP contribution >= 0.6 is 0 Å². The molecule has 5 rings (SSSR count). The lowest BCUT2D eigenvalue weighted by atomic mass is 10.2. The van der Waals surface area contributed by atoms with Gasteiger partial charge in [-0.3, -0.25) is 0 Å². The van der Waals surface area contributed by atoms with E-state index in [4.69, 9.17) is 4.74 Å². The highest BCUT2D eigenvalue weighted by molar-refractivity contribution is 5.81. The second kappa shape index (κ2) is 6.74. The highest BCUT2D eigenvalue weighted by Crippen LogP contribution is 2.31. The molecular formula is C21H19N5O. The summed E-state index contributed by atoms with van der Waals surface area (Å²) in [7, 11) is 0. The Bertz CT molecular complexity index is 1060. The first-order valence-electron chi connectivity index (χ1n) is 8.99. The number of para-hydroxylation sites is 1. The van der Waals surface area contributed by atoms with Crippen LogP contribution in [0, 0.1) is 0 Å². The summed E-state index contributed by atoms with van der Waals surface area (Å²) >= 11 is 0. The van der Waals surface area contributed by atoms with Gasteiger partial charge in [-0.05, 0) is 42.5 Å². The first kappa shape index (κ1) is 15.8. The fourth-order valence-electron chi connectivity index (χ4n) is 3.22. The summed E-state index contributed by atoms with van der Waals surface area (Å²) in [6, 6.07) is 20.4. The average molecular weight is 357 g/mol. The van der Waals surface area contributed by atoms with Crippen LogP contribution in [0.2, 0.25) is 0 Å². The van der Waals surface area contributed by atoms with Crippen molar-refractivity contribution >= 4 is 22.4 Å². The van der Waals surface area contributed by atoms with E-state index >= 15 is 0 Å². The van der Waals surface area contributed by atoms with Gasteiger partial charge >= 0.3 is 0 Å². The highest BCUT2D eigenvalue weighted by Gasteiger charge is 2.22. The Morgan fingerprint density at radius 1 is 0.926 bits per heavy atom. The Balaban J connectivity index is 1.39. The van der Waals surface area contributed by atoms with Crippen LogP contribution in [0.5, 0.6) is 11.6 Å². The molecule has 0 bridgehead atoms. The van der Waals surface area contributed by atoms with Crippen LogP contribution in [0.1, 0.15) is 6.04 Å². The summed E-state index contributed by atoms with van der Waals surface area (Å²) in [5.41, 5.74) is 3.89. The van der Waals surface area contributed by atoms with Crippen molar-refractivity contribution in [3.63, 3.8) is 0 Å². The van der Waals surface area contributed by atoms with E-state index in [-0.39, 0.29) is 0 Å². The van der Waals surface area contributed by atoms with E-state index in [0.29, 0.717) is 11.9 Å². The van der Waals surface area contributed by atoms with Gasteiger partial charge in [0.1, 0.15) is 17.6 Å². The minimum atomic E-state index is 0.424. The number of nitrogens with one attached hydrogen (secondary N) is 2. The van der Waals surface area contributed by atoms with E-state index in [0.717, 1.165) is 41.2 Å². The van der Waals surface area contributed by atoms with E-state index in [9.17, 15) is 0 Å². The number of hydrogen-bond acceptors (Lipinski definition) is 5. The molecule has 2 N–H and O–H groups in total. The maximum absolute atomic E-state index is 6.09. The zero-order chi connectivity index (χ0) is 18.1. The van der Waals surface area contributed by atoms with Crippen molar-refractivity contribution in [2.75, 3.05) is 18.4 Å². The molecule has 6 nitrogen and oxygen atoms in total. The Morgan fingerprint density at radius 2 is 1.70 bits per heavy atom. The molecule has 134 valence electrons. The van der Waals surface area contributed by atoms with Gasteiger partial charge in [0.2, 0.25) is 5.88 Å². The van der Waals surface area contributed by atoms with Crippen molar-refractivity contribution in [2.24, 2.45) is 0 Å². The number of hydrogen-bond donors (Lipinski definition) is 2. The molecule has 0 aliphatic carbocycles. The van der Waals surface area contributed by atoms with Crippen LogP contribution in [-0.4, -0.2) is 27.6 Å². The Labute approximate surface area is 156 Å². The lowest BCUT2D eigenvalue weighted by Crippen LogP contribution is -2.43. The van der Waals surface area contributed by atoms with E-state index in [1.54, 1.807) is 6.33 Å². The maximum atomic E-state index is 6.09. The maximum Gasteiger partial charge on any atom is 0.247 e. The van der Waals surface area contributed by atoms with Crippen molar-refractivity contribution in [3.05, 3.63) is 73.2 Å². The molecule has 27 heavy (non-hydrogen) atoms. The van der Waals surface area contributed by atoms with Crippen LogP contribution in [0.25, 0.3) is 11.0 Å². The molecule has 0 saturated carbocycles. The van der Waals surface area contributed by atoms with Gasteiger partial charge < -0.3 is 19.9 Å². The monoisotopic (exact) mass is 357 g/mol. The predicted octanol–water partition coefficient (Wildman–Crippen LogP) is 4.11. The number of anilines is 2. The molecule has 1 aliphatic rings. The zero-order valence-corrected chi connectivity index (χ0v) is 14.7. The first-order valence-corrected chi connectivity index (χ1v) is 8.99. The normalized spacial score (nSPS) is 14.1. The number of nitrogens with zero attached hydrogens (tertiary/aromatic N) is 3. The lowest BCUT2D eigenvalue weighted by molar-refractivity contribution is 0.349. The fraction of sp³-hybridized carbons (Fsp3) is 0.143. The van der Waals surface area contributed by atoms with Gasteiger partial charge in [0.05, 0.1) is 11.6 Å². The Hall–Kier alpha value is -3.38. The molecule has 3 heterocycles. The summed E-state index contributed by atoms with van der Waals surface area (Å²) in [5.74, 6) is 1.33. The molecular weight excluding hydrogens is 338 g/mol. The topological polar surface area (TPSA) is 64.0 Å². The van der Waals surface area contributed by atoms with E-state index < -0.39 is 0 Å². The Kier molecular flexibility index (Phi) is 3.95. The second-order valence-corrected chi connectivity index (χ2v) is 6.57. The number of ether oxygens (including phenoxy) is 1. The Morgan fingerprint density at radius 3 is 2.44 bits per heavy atom. The third-order valence-corrected chi connectivity index (χ3v) is 4.75. The molecule has 6 heteroatoms. The molecule has 0 radical (unpaired) electrons. The van der Waals surface area contributed by atoms with Crippen LogP contribution < -0.4 is 15.4 Å². The van der Waals surface area contributed by atoms with Crippen molar-refractivity contribution in [3.8, 4) is 11.6 Å². The van der Waals surface area contributed by atoms with Gasteiger partial charge in [-0.1, -0.05) is 18.2 Å². The quantitative estimate of drug-likeness (QED) is 0.563. The van der Waals surface area contributed by atoms with Crippen molar-refractivity contribution in [1.29, 1.82) is 0 Å². The number of fused-ring (bicyclic) bond motifs is 1. The standard InChI is InChI=1S/C21H19N5O/c1-2-4-15(5-3-1)25-16-6-8-18(9-7-16)27-21-20-19(23-14-24-21)10-11-26(20)17-12-22-13-17/h1-11,14,17,22,25H,12-13H2. The molecule has 2 aromatic heterocycles. The van der Waals surface area contributed by atoms with Crippen LogP contribution in [-0.2, 0) is 0 Å². The van der Waals surface area contributed by atoms with Gasteiger partial charge in [0, 0.05) is 30.7 Å². The number of aromatic nitrogens is 3. The molecule has 4 aromatic rings. The predicted molar refractivity (Wildman–Crippen MR) is 106 cm³/mol. The average Bonchev–Trinajstić information content (AvgIpc) is 3.08. The smallest absolute Gasteiger partial charge is 0.247 e. The summed E-state index contributed by atoms with van der Waals surface area (Å²) in [6.07, 6.45) is 3.61. The molecule has 1 saturated heterocycles. The number of benzene rings is 2. The lowest BCUT2D eigenvalue weighted by Gasteiger charge is -2.29. The SMILES string of the molecule is c1ccc(Nc2ccc(Oc3ncnc4ccn(C5CNC5)c34)cc2)cc1. The van der Waals surface area contributed by atoms with Gasteiger partial charge in [-0.15, -0.1) is 0 Å². The van der Waals surface area contributed by atoms with Crippen LogP contribution in [0.15, 0.2) is 73.2 Å². The first-order chi connectivity index (χ1) is 13.4. The summed E-state index contributed by atoms with van der Waals surface area (Å²) in [4.78, 5) is 8.74. The zero-order valence-electron chi connectivity index (χ0n) is 14.7. The van der Waals surface area contributed by atoms with Crippen molar-refractivity contribution in [1.82, 2.24) is 19.9 Å².